The number of aromatic nitrogens is 2. The first kappa shape index (κ1) is 10.5. The van der Waals surface area contributed by atoms with Crippen molar-refractivity contribution in [3.63, 3.8) is 0 Å². The molecule has 2 unspecified atom stereocenters. The first-order valence-electron chi connectivity index (χ1n) is 6.05. The minimum absolute atomic E-state index is 0.572. The zero-order chi connectivity index (χ0) is 11.3. The molecule has 2 fully saturated rings. The Labute approximate surface area is 101 Å². The van der Waals surface area contributed by atoms with E-state index in [0.717, 1.165) is 17.7 Å². The van der Waals surface area contributed by atoms with Gasteiger partial charge in [0.15, 0.2) is 0 Å². The third-order valence-electron chi connectivity index (χ3n) is 4.13. The highest BCUT2D eigenvalue weighted by atomic mass is 35.5. The largest absolute Gasteiger partial charge is 0.353 e. The Morgan fingerprint density at radius 1 is 1.44 bits per heavy atom. The van der Waals surface area contributed by atoms with Crippen LogP contribution in [-0.4, -0.2) is 22.4 Å². The molecule has 0 radical (unpaired) electrons. The van der Waals surface area contributed by atoms with Crippen molar-refractivity contribution in [2.24, 2.45) is 13.0 Å². The molecule has 88 valence electrons. The highest BCUT2D eigenvalue weighted by Gasteiger charge is 2.39. The molecule has 1 aromatic rings. The van der Waals surface area contributed by atoms with Gasteiger partial charge in [0.1, 0.15) is 5.82 Å². The molecule has 1 aromatic heterocycles. The lowest BCUT2D eigenvalue weighted by Crippen LogP contribution is -2.34. The summed E-state index contributed by atoms with van der Waals surface area (Å²) in [4.78, 5) is 2.53. The van der Waals surface area contributed by atoms with E-state index >= 15 is 0 Å². The molecule has 3 rings (SSSR count). The van der Waals surface area contributed by atoms with Gasteiger partial charge in [0.05, 0.1) is 11.6 Å². The number of piperidine rings is 1. The number of alkyl halides is 1. The van der Waals surface area contributed by atoms with Crippen molar-refractivity contribution in [1.29, 1.82) is 0 Å². The van der Waals surface area contributed by atoms with E-state index in [4.69, 9.17) is 11.6 Å². The van der Waals surface area contributed by atoms with Gasteiger partial charge in [0, 0.05) is 25.2 Å². The number of fused-ring (bicyclic) bond motifs is 2. The second-order valence-corrected chi connectivity index (χ2v) is 5.40. The minimum Gasteiger partial charge on any atom is -0.353 e. The molecule has 1 saturated heterocycles. The number of nitrogens with zero attached hydrogens (tertiary/aromatic N) is 3. The van der Waals surface area contributed by atoms with Crippen LogP contribution in [0.2, 0.25) is 0 Å². The van der Waals surface area contributed by atoms with Gasteiger partial charge in [-0.15, -0.1) is 11.6 Å². The van der Waals surface area contributed by atoms with E-state index in [1.54, 1.807) is 0 Å². The SMILES string of the molecule is Cc1nn(C)c(N2CC3CCC2C3)c1CCl. The first-order valence-corrected chi connectivity index (χ1v) is 6.59. The van der Waals surface area contributed by atoms with Crippen LogP contribution in [0.3, 0.4) is 0 Å². The quantitative estimate of drug-likeness (QED) is 0.740. The van der Waals surface area contributed by atoms with Gasteiger partial charge in [-0.3, -0.25) is 4.68 Å². The molecule has 0 amide bonds. The summed E-state index contributed by atoms with van der Waals surface area (Å²) in [5, 5.41) is 4.50. The van der Waals surface area contributed by atoms with E-state index in [1.807, 2.05) is 11.7 Å². The number of halogens is 1. The molecule has 2 bridgehead atoms. The number of hydrogen-bond donors (Lipinski definition) is 0. The average Bonchev–Trinajstić information content (AvgIpc) is 2.91. The Morgan fingerprint density at radius 3 is 2.81 bits per heavy atom. The Kier molecular flexibility index (Phi) is 2.39. The van der Waals surface area contributed by atoms with Crippen LogP contribution in [0.15, 0.2) is 0 Å². The third kappa shape index (κ3) is 1.37. The van der Waals surface area contributed by atoms with Crippen LogP contribution in [0.25, 0.3) is 0 Å². The van der Waals surface area contributed by atoms with E-state index in [1.165, 1.54) is 37.2 Å². The molecule has 1 aliphatic heterocycles. The summed E-state index contributed by atoms with van der Waals surface area (Å²) in [7, 11) is 2.03. The summed E-state index contributed by atoms with van der Waals surface area (Å²) in [6.07, 6.45) is 4.12. The molecular formula is C12H18ClN3. The zero-order valence-corrected chi connectivity index (χ0v) is 10.7. The zero-order valence-electron chi connectivity index (χ0n) is 9.91. The lowest BCUT2D eigenvalue weighted by atomic mass is 10.1. The van der Waals surface area contributed by atoms with Crippen molar-refractivity contribution in [3.8, 4) is 0 Å². The molecule has 0 N–H and O–H groups in total. The van der Waals surface area contributed by atoms with Gasteiger partial charge in [-0.25, -0.2) is 0 Å². The molecule has 1 saturated carbocycles. The highest BCUT2D eigenvalue weighted by Crippen LogP contribution is 2.41. The third-order valence-corrected chi connectivity index (χ3v) is 4.40. The van der Waals surface area contributed by atoms with Crippen molar-refractivity contribution >= 4 is 17.4 Å². The second-order valence-electron chi connectivity index (χ2n) is 5.13. The van der Waals surface area contributed by atoms with E-state index in [0.29, 0.717) is 5.88 Å². The summed E-state index contributed by atoms with van der Waals surface area (Å²) in [5.41, 5.74) is 2.30. The van der Waals surface area contributed by atoms with Gasteiger partial charge in [-0.1, -0.05) is 0 Å². The fourth-order valence-electron chi connectivity index (χ4n) is 3.39. The standard InChI is InChI=1S/C12H18ClN3/c1-8-11(6-13)12(15(2)14-8)16-7-9-3-4-10(16)5-9/h9-10H,3-7H2,1-2H3. The monoisotopic (exact) mass is 239 g/mol. The predicted molar refractivity (Wildman–Crippen MR) is 66.0 cm³/mol. The number of rotatable bonds is 2. The molecule has 2 atom stereocenters. The number of anilines is 1. The van der Waals surface area contributed by atoms with Crippen molar-refractivity contribution < 1.29 is 0 Å². The molecule has 4 heteroatoms. The number of aryl methyl sites for hydroxylation is 2. The highest BCUT2D eigenvalue weighted by molar-refractivity contribution is 6.17. The van der Waals surface area contributed by atoms with E-state index in [2.05, 4.69) is 16.9 Å². The van der Waals surface area contributed by atoms with Gasteiger partial charge < -0.3 is 4.90 Å². The first-order chi connectivity index (χ1) is 7.70. The van der Waals surface area contributed by atoms with Crippen molar-refractivity contribution in [1.82, 2.24) is 9.78 Å². The maximum atomic E-state index is 6.05. The van der Waals surface area contributed by atoms with Gasteiger partial charge in [0.25, 0.3) is 0 Å². The Bertz CT molecular complexity index is 413. The predicted octanol–water partition coefficient (Wildman–Crippen LogP) is 2.46. The summed E-state index contributed by atoms with van der Waals surface area (Å²) in [6.45, 7) is 3.25. The van der Waals surface area contributed by atoms with Gasteiger partial charge >= 0.3 is 0 Å². The fourth-order valence-corrected chi connectivity index (χ4v) is 3.70. The Balaban J connectivity index is 2.00. The van der Waals surface area contributed by atoms with E-state index in [9.17, 15) is 0 Å². The summed E-state index contributed by atoms with van der Waals surface area (Å²) < 4.78 is 2.01. The average molecular weight is 240 g/mol. The molecular weight excluding hydrogens is 222 g/mol. The second kappa shape index (κ2) is 3.66. The van der Waals surface area contributed by atoms with E-state index in [-0.39, 0.29) is 0 Å². The smallest absolute Gasteiger partial charge is 0.131 e. The van der Waals surface area contributed by atoms with Crippen LogP contribution in [0.5, 0.6) is 0 Å². The lowest BCUT2D eigenvalue weighted by molar-refractivity contribution is 0.541. The molecule has 0 aromatic carbocycles. The number of hydrogen-bond acceptors (Lipinski definition) is 2. The molecule has 3 nitrogen and oxygen atoms in total. The van der Waals surface area contributed by atoms with Crippen molar-refractivity contribution in [2.45, 2.75) is 38.1 Å². The van der Waals surface area contributed by atoms with Gasteiger partial charge in [-0.05, 0) is 32.1 Å². The molecule has 2 heterocycles. The Morgan fingerprint density at radius 2 is 2.25 bits per heavy atom. The van der Waals surface area contributed by atoms with E-state index < -0.39 is 0 Å². The van der Waals surface area contributed by atoms with Crippen molar-refractivity contribution in [2.75, 3.05) is 11.4 Å². The summed E-state index contributed by atoms with van der Waals surface area (Å²) >= 11 is 6.05. The fraction of sp³-hybridized carbons (Fsp3) is 0.750. The molecule has 0 spiro atoms. The topological polar surface area (TPSA) is 21.1 Å². The summed E-state index contributed by atoms with van der Waals surface area (Å²) in [6, 6.07) is 0.738. The summed E-state index contributed by atoms with van der Waals surface area (Å²) in [5.74, 6) is 2.74. The lowest BCUT2D eigenvalue weighted by Gasteiger charge is -2.29. The van der Waals surface area contributed by atoms with Crippen LogP contribution in [0.1, 0.15) is 30.5 Å². The molecule has 1 aliphatic carbocycles. The van der Waals surface area contributed by atoms with Crippen LogP contribution < -0.4 is 4.90 Å². The minimum atomic E-state index is 0.572. The van der Waals surface area contributed by atoms with Crippen LogP contribution in [-0.2, 0) is 12.9 Å². The maximum Gasteiger partial charge on any atom is 0.131 e. The maximum absolute atomic E-state index is 6.05. The molecule has 2 aliphatic rings. The van der Waals surface area contributed by atoms with Crippen LogP contribution in [0, 0.1) is 12.8 Å². The van der Waals surface area contributed by atoms with Gasteiger partial charge in [0.2, 0.25) is 0 Å². The van der Waals surface area contributed by atoms with Gasteiger partial charge in [-0.2, -0.15) is 5.10 Å². The Hall–Kier alpha value is -0.700. The van der Waals surface area contributed by atoms with Crippen LogP contribution >= 0.6 is 11.6 Å². The normalized spacial score (nSPS) is 28.1. The van der Waals surface area contributed by atoms with Crippen molar-refractivity contribution in [3.05, 3.63) is 11.3 Å². The molecule has 16 heavy (non-hydrogen) atoms. The van der Waals surface area contributed by atoms with Crippen LogP contribution in [0.4, 0.5) is 5.82 Å².